The lowest BCUT2D eigenvalue weighted by Crippen LogP contribution is -2.48. The molecule has 0 saturated heterocycles. The summed E-state index contributed by atoms with van der Waals surface area (Å²) in [4.78, 5) is 16.1. The Morgan fingerprint density at radius 3 is 2.82 bits per heavy atom. The molecule has 3 N–H and O–H groups in total. The summed E-state index contributed by atoms with van der Waals surface area (Å²) >= 11 is 1.47. The molecule has 17 heavy (non-hydrogen) atoms. The number of hydrogen-bond acceptors (Lipinski definition) is 4. The van der Waals surface area contributed by atoms with E-state index < -0.39 is 0 Å². The first-order valence-electron chi connectivity index (χ1n) is 6.03. The number of nitrogens with zero attached hydrogens (tertiary/aromatic N) is 1. The van der Waals surface area contributed by atoms with E-state index in [1.807, 2.05) is 5.38 Å². The zero-order valence-corrected chi connectivity index (χ0v) is 11.1. The highest BCUT2D eigenvalue weighted by atomic mass is 32.1. The van der Waals surface area contributed by atoms with Crippen LogP contribution in [0.5, 0.6) is 0 Å². The smallest absolute Gasteiger partial charge is 0.228 e. The van der Waals surface area contributed by atoms with E-state index in [0.717, 1.165) is 25.0 Å². The van der Waals surface area contributed by atoms with Crippen LogP contribution in [0.2, 0.25) is 0 Å². The third-order valence-corrected chi connectivity index (χ3v) is 4.00. The molecule has 1 amide bonds. The SMILES string of the molecule is CC(C)c1csc(NC(=O)CC2(N)CCC2)n1. The van der Waals surface area contributed by atoms with Crippen LogP contribution < -0.4 is 11.1 Å². The molecule has 94 valence electrons. The fraction of sp³-hybridized carbons (Fsp3) is 0.667. The quantitative estimate of drug-likeness (QED) is 0.866. The third-order valence-electron chi connectivity index (χ3n) is 3.22. The average molecular weight is 253 g/mol. The van der Waals surface area contributed by atoms with Crippen LogP contribution in [0, 0.1) is 0 Å². The van der Waals surface area contributed by atoms with E-state index in [-0.39, 0.29) is 11.4 Å². The summed E-state index contributed by atoms with van der Waals surface area (Å²) in [7, 11) is 0. The van der Waals surface area contributed by atoms with E-state index in [2.05, 4.69) is 24.1 Å². The first-order chi connectivity index (χ1) is 7.98. The van der Waals surface area contributed by atoms with Gasteiger partial charge in [-0.25, -0.2) is 4.98 Å². The van der Waals surface area contributed by atoms with Crippen molar-refractivity contribution in [3.63, 3.8) is 0 Å². The van der Waals surface area contributed by atoms with Gasteiger partial charge in [0.15, 0.2) is 5.13 Å². The van der Waals surface area contributed by atoms with Crippen molar-refractivity contribution in [2.24, 2.45) is 5.73 Å². The molecule has 2 rings (SSSR count). The maximum Gasteiger partial charge on any atom is 0.228 e. The predicted octanol–water partition coefficient (Wildman–Crippen LogP) is 2.48. The van der Waals surface area contributed by atoms with E-state index in [1.165, 1.54) is 11.3 Å². The molecule has 0 bridgehead atoms. The molecule has 0 radical (unpaired) electrons. The summed E-state index contributed by atoms with van der Waals surface area (Å²) in [5.41, 5.74) is 6.80. The lowest BCUT2D eigenvalue weighted by molar-refractivity contribution is -0.118. The Morgan fingerprint density at radius 1 is 1.65 bits per heavy atom. The minimum Gasteiger partial charge on any atom is -0.325 e. The van der Waals surface area contributed by atoms with E-state index in [4.69, 9.17) is 5.73 Å². The number of aromatic nitrogens is 1. The molecule has 4 nitrogen and oxygen atoms in total. The molecule has 0 aromatic carbocycles. The molecule has 1 aliphatic carbocycles. The molecule has 1 aromatic heterocycles. The van der Waals surface area contributed by atoms with Crippen LogP contribution in [0.4, 0.5) is 5.13 Å². The maximum absolute atomic E-state index is 11.8. The van der Waals surface area contributed by atoms with Crippen LogP contribution >= 0.6 is 11.3 Å². The topological polar surface area (TPSA) is 68.0 Å². The lowest BCUT2D eigenvalue weighted by atomic mass is 9.75. The van der Waals surface area contributed by atoms with E-state index in [1.54, 1.807) is 0 Å². The van der Waals surface area contributed by atoms with Gasteiger partial charge in [-0.15, -0.1) is 11.3 Å². The minimum atomic E-state index is -0.262. The molecule has 1 fully saturated rings. The molecule has 1 aromatic rings. The van der Waals surface area contributed by atoms with Crippen molar-refractivity contribution < 1.29 is 4.79 Å². The summed E-state index contributed by atoms with van der Waals surface area (Å²) < 4.78 is 0. The van der Waals surface area contributed by atoms with Gasteiger partial charge in [-0.05, 0) is 25.2 Å². The van der Waals surface area contributed by atoms with Gasteiger partial charge in [0.1, 0.15) is 0 Å². The van der Waals surface area contributed by atoms with E-state index in [0.29, 0.717) is 17.5 Å². The van der Waals surface area contributed by atoms with Crippen molar-refractivity contribution in [2.45, 2.75) is 51.0 Å². The molecule has 5 heteroatoms. The summed E-state index contributed by atoms with van der Waals surface area (Å²) in [6.45, 7) is 4.17. The highest BCUT2D eigenvalue weighted by molar-refractivity contribution is 7.13. The van der Waals surface area contributed by atoms with Gasteiger partial charge < -0.3 is 11.1 Å². The molecule has 0 aliphatic heterocycles. The molecule has 0 spiro atoms. The highest BCUT2D eigenvalue weighted by Crippen LogP contribution is 2.32. The first kappa shape index (κ1) is 12.5. The Morgan fingerprint density at radius 2 is 2.35 bits per heavy atom. The fourth-order valence-corrected chi connectivity index (χ4v) is 2.79. The van der Waals surface area contributed by atoms with Gasteiger partial charge in [0, 0.05) is 17.3 Å². The average Bonchev–Trinajstić information content (AvgIpc) is 2.63. The van der Waals surface area contributed by atoms with Crippen LogP contribution in [0.15, 0.2) is 5.38 Å². The zero-order valence-electron chi connectivity index (χ0n) is 10.3. The number of hydrogen-bond donors (Lipinski definition) is 2. The van der Waals surface area contributed by atoms with Crippen LogP contribution in [-0.4, -0.2) is 16.4 Å². The van der Waals surface area contributed by atoms with Crippen molar-refractivity contribution in [1.82, 2.24) is 4.98 Å². The highest BCUT2D eigenvalue weighted by Gasteiger charge is 2.34. The number of nitrogens with one attached hydrogen (secondary N) is 1. The second kappa shape index (κ2) is 4.74. The second-order valence-electron chi connectivity index (χ2n) is 5.17. The summed E-state index contributed by atoms with van der Waals surface area (Å²) in [5, 5.41) is 5.50. The molecule has 0 unspecified atom stereocenters. The Bertz CT molecular complexity index is 410. The van der Waals surface area contributed by atoms with Gasteiger partial charge in [-0.1, -0.05) is 13.8 Å². The van der Waals surface area contributed by atoms with Crippen molar-refractivity contribution in [1.29, 1.82) is 0 Å². The van der Waals surface area contributed by atoms with E-state index in [9.17, 15) is 4.79 Å². The second-order valence-corrected chi connectivity index (χ2v) is 6.03. The van der Waals surface area contributed by atoms with Gasteiger partial charge in [0.05, 0.1) is 5.69 Å². The first-order valence-corrected chi connectivity index (χ1v) is 6.91. The zero-order chi connectivity index (χ0) is 12.5. The number of carbonyl (C=O) groups excluding carboxylic acids is 1. The van der Waals surface area contributed by atoms with Crippen LogP contribution in [0.3, 0.4) is 0 Å². The molecular weight excluding hydrogens is 234 g/mol. The van der Waals surface area contributed by atoms with Gasteiger partial charge in [-0.3, -0.25) is 4.79 Å². The van der Waals surface area contributed by atoms with Crippen LogP contribution in [-0.2, 0) is 4.79 Å². The van der Waals surface area contributed by atoms with E-state index >= 15 is 0 Å². The Hall–Kier alpha value is -0.940. The number of rotatable bonds is 4. The van der Waals surface area contributed by atoms with Crippen molar-refractivity contribution in [2.75, 3.05) is 5.32 Å². The predicted molar refractivity (Wildman–Crippen MR) is 70.2 cm³/mol. The number of thiazole rings is 1. The Balaban J connectivity index is 1.89. The molecule has 1 saturated carbocycles. The van der Waals surface area contributed by atoms with Gasteiger partial charge in [-0.2, -0.15) is 0 Å². The molecule has 1 aliphatic rings. The Kier molecular flexibility index (Phi) is 3.49. The molecule has 1 heterocycles. The van der Waals surface area contributed by atoms with Crippen molar-refractivity contribution in [3.8, 4) is 0 Å². The third kappa shape index (κ3) is 3.04. The summed E-state index contributed by atoms with van der Waals surface area (Å²) in [5.74, 6) is 0.376. The van der Waals surface area contributed by atoms with Crippen molar-refractivity contribution in [3.05, 3.63) is 11.1 Å². The number of nitrogens with two attached hydrogens (primary N) is 1. The number of anilines is 1. The van der Waals surface area contributed by atoms with Crippen LogP contribution in [0.1, 0.15) is 51.1 Å². The summed E-state index contributed by atoms with van der Waals surface area (Å²) in [6.07, 6.45) is 3.45. The lowest BCUT2D eigenvalue weighted by Gasteiger charge is -2.37. The van der Waals surface area contributed by atoms with Gasteiger partial charge in [0.2, 0.25) is 5.91 Å². The standard InChI is InChI=1S/C12H19N3OS/c1-8(2)9-7-17-11(14-9)15-10(16)6-12(13)4-3-5-12/h7-8H,3-6,13H2,1-2H3,(H,14,15,16). The fourth-order valence-electron chi connectivity index (χ4n) is 1.90. The largest absolute Gasteiger partial charge is 0.325 e. The number of carbonyl (C=O) groups is 1. The molecular formula is C12H19N3OS. The van der Waals surface area contributed by atoms with Gasteiger partial charge >= 0.3 is 0 Å². The van der Waals surface area contributed by atoms with Crippen LogP contribution in [0.25, 0.3) is 0 Å². The summed E-state index contributed by atoms with van der Waals surface area (Å²) in [6, 6.07) is 0. The monoisotopic (exact) mass is 253 g/mol. The number of amides is 1. The van der Waals surface area contributed by atoms with Gasteiger partial charge in [0.25, 0.3) is 0 Å². The maximum atomic E-state index is 11.8. The van der Waals surface area contributed by atoms with Crippen molar-refractivity contribution >= 4 is 22.4 Å². The minimum absolute atomic E-state index is 0.0168. The Labute approximate surface area is 106 Å². The molecule has 0 atom stereocenters. The normalized spacial score (nSPS) is 17.9.